The molecule has 0 aliphatic rings. The van der Waals surface area contributed by atoms with Crippen molar-refractivity contribution in [3.05, 3.63) is 29.3 Å². The van der Waals surface area contributed by atoms with Crippen LogP contribution in [0.4, 0.5) is 0 Å². The molecular weight excluding hydrogens is 471 g/mol. The van der Waals surface area contributed by atoms with Gasteiger partial charge in [-0.3, -0.25) is 0 Å². The molecule has 0 atom stereocenters. The number of hydrogen-bond donors (Lipinski definition) is 3. The second kappa shape index (κ2) is 21.4. The van der Waals surface area contributed by atoms with Gasteiger partial charge >= 0.3 is 0 Å². The van der Waals surface area contributed by atoms with E-state index in [1.54, 1.807) is 0 Å². The predicted molar refractivity (Wildman–Crippen MR) is 164 cm³/mol. The van der Waals surface area contributed by atoms with Crippen molar-refractivity contribution in [3.63, 3.8) is 0 Å². The number of benzene rings is 1. The molecule has 34 heavy (non-hydrogen) atoms. The van der Waals surface area contributed by atoms with Crippen LogP contribution in [0.2, 0.25) is 0 Å². The molecule has 0 radical (unpaired) electrons. The fraction of sp³-hybridized carbons (Fsp3) is 0.800. The number of hydrogen-bond acceptors (Lipinski definition) is 3. The smallest absolute Gasteiger partial charge is 0.222 e. The van der Waals surface area contributed by atoms with Crippen LogP contribution in [0.5, 0.6) is 0 Å². The molecule has 0 fully saturated rings. The first kappa shape index (κ1) is 32.3. The third kappa shape index (κ3) is 16.1. The monoisotopic (exact) mass is 527 g/mol. The second-order valence-corrected chi connectivity index (χ2v) is 16.4. The molecular formula is C30H56OPS2+. The lowest BCUT2D eigenvalue weighted by molar-refractivity contribution is 0.553. The van der Waals surface area contributed by atoms with E-state index in [0.717, 1.165) is 18.1 Å². The lowest BCUT2D eigenvalue weighted by atomic mass is 9.96. The van der Waals surface area contributed by atoms with Gasteiger partial charge in [-0.1, -0.05) is 142 Å². The van der Waals surface area contributed by atoms with Gasteiger partial charge < -0.3 is 0 Å². The Labute approximate surface area is 224 Å². The summed E-state index contributed by atoms with van der Waals surface area (Å²) in [5.41, 5.74) is 2.77. The quantitative estimate of drug-likeness (QED) is 0.0734. The van der Waals surface area contributed by atoms with Crippen LogP contribution in [0.25, 0.3) is 0 Å². The molecule has 0 saturated heterocycles. The van der Waals surface area contributed by atoms with Crippen LogP contribution in [0.15, 0.2) is 18.2 Å². The van der Waals surface area contributed by atoms with Crippen molar-refractivity contribution in [2.45, 2.75) is 155 Å². The third-order valence-electron chi connectivity index (χ3n) is 7.15. The Morgan fingerprint density at radius 1 is 0.559 bits per heavy atom. The molecule has 0 aliphatic heterocycles. The van der Waals surface area contributed by atoms with Crippen molar-refractivity contribution in [1.29, 1.82) is 0 Å². The van der Waals surface area contributed by atoms with Crippen molar-refractivity contribution in [2.75, 3.05) is 0 Å². The lowest BCUT2D eigenvalue weighted by Crippen LogP contribution is -2.13. The second-order valence-electron chi connectivity index (χ2n) is 10.3. The molecule has 1 N–H and O–H groups in total. The maximum absolute atomic E-state index is 10.6. The van der Waals surface area contributed by atoms with Crippen LogP contribution in [-0.4, -0.2) is 4.89 Å². The summed E-state index contributed by atoms with van der Waals surface area (Å²) < 4.78 is 0. The van der Waals surface area contributed by atoms with Gasteiger partial charge in [0.2, 0.25) is 0 Å². The largest absolute Gasteiger partial charge is 0.285 e. The van der Waals surface area contributed by atoms with E-state index in [1.165, 1.54) is 140 Å². The summed E-state index contributed by atoms with van der Waals surface area (Å²) in [5.74, 6) is -2.59. The molecule has 1 nitrogen and oxygen atoms in total. The van der Waals surface area contributed by atoms with Crippen molar-refractivity contribution >= 4 is 35.7 Å². The van der Waals surface area contributed by atoms with E-state index >= 15 is 0 Å². The summed E-state index contributed by atoms with van der Waals surface area (Å²) in [6.45, 7) is 4.57. The number of unbranched alkanes of at least 4 members (excludes halogenated alkanes) is 18. The van der Waals surface area contributed by atoms with Gasteiger partial charge in [0.1, 0.15) is 5.30 Å². The van der Waals surface area contributed by atoms with Gasteiger partial charge in [0.05, 0.1) is 24.5 Å². The molecule has 1 rings (SSSR count). The lowest BCUT2D eigenvalue weighted by Gasteiger charge is -2.16. The van der Waals surface area contributed by atoms with Gasteiger partial charge in [0, 0.05) is 5.56 Å². The van der Waals surface area contributed by atoms with E-state index in [4.69, 9.17) is 0 Å². The molecule has 4 heteroatoms. The number of aryl methyl sites for hydroxylation is 1. The zero-order valence-corrected chi connectivity index (χ0v) is 25.3. The molecule has 1 aromatic rings. The summed E-state index contributed by atoms with van der Waals surface area (Å²) in [7, 11) is 0. The Morgan fingerprint density at radius 2 is 0.941 bits per heavy atom. The minimum absolute atomic E-state index is 1.000. The van der Waals surface area contributed by atoms with Gasteiger partial charge in [-0.15, -0.1) is 0 Å². The number of rotatable bonds is 23. The van der Waals surface area contributed by atoms with E-state index in [9.17, 15) is 4.89 Å². The first-order valence-corrected chi connectivity index (χ1v) is 18.7. The minimum Gasteiger partial charge on any atom is -0.222 e. The Bertz CT molecular complexity index is 600. The zero-order valence-electron chi connectivity index (χ0n) is 22.6. The van der Waals surface area contributed by atoms with Crippen molar-refractivity contribution < 1.29 is 4.89 Å². The van der Waals surface area contributed by atoms with E-state index in [-0.39, 0.29) is 0 Å². The average Bonchev–Trinajstić information content (AvgIpc) is 2.81. The average molecular weight is 528 g/mol. The van der Waals surface area contributed by atoms with Gasteiger partial charge in [-0.2, -0.15) is 0 Å². The van der Waals surface area contributed by atoms with Crippen molar-refractivity contribution in [1.82, 2.24) is 0 Å². The molecule has 0 spiro atoms. The summed E-state index contributed by atoms with van der Waals surface area (Å²) in [4.78, 5) is 10.6. The van der Waals surface area contributed by atoms with Crippen molar-refractivity contribution in [3.8, 4) is 0 Å². The van der Waals surface area contributed by atoms with Crippen molar-refractivity contribution in [2.24, 2.45) is 0 Å². The van der Waals surface area contributed by atoms with E-state index in [1.807, 2.05) is 0 Å². The van der Waals surface area contributed by atoms with Crippen LogP contribution in [0.1, 0.15) is 153 Å². The maximum atomic E-state index is 10.6. The Hall–Kier alpha value is 0.310. The summed E-state index contributed by atoms with van der Waals surface area (Å²) >= 11 is 8.99. The maximum Gasteiger partial charge on any atom is 0.285 e. The standard InChI is InChI=1S/C30H56OPS2/c1-3-5-7-9-11-13-15-17-19-21-24-28-25-23-27-30(32(31,33)34)29(28)26-22-20-18-16-14-12-10-8-6-4-2/h23,25,27,31,33-34H,3-22,24,26H2,1-2H3/q+1. The topological polar surface area (TPSA) is 20.2 Å². The van der Waals surface area contributed by atoms with E-state index in [2.05, 4.69) is 56.5 Å². The molecule has 0 amide bonds. The highest BCUT2D eigenvalue weighted by molar-refractivity contribution is 8.85. The Kier molecular flexibility index (Phi) is 20.4. The molecule has 0 unspecified atom stereocenters. The molecule has 198 valence electrons. The SMILES string of the molecule is CCCCCCCCCCCCc1cccc([P+](O)(S)S)c1CCCCCCCCCCCC. The molecule has 0 heterocycles. The molecule has 0 aliphatic carbocycles. The zero-order chi connectivity index (χ0) is 24.9. The predicted octanol–water partition coefficient (Wildman–Crippen LogP) is 10.9. The highest BCUT2D eigenvalue weighted by Gasteiger charge is 2.33. The first-order valence-electron chi connectivity index (χ1n) is 14.7. The highest BCUT2D eigenvalue weighted by atomic mass is 33.1. The van der Waals surface area contributed by atoms with Crippen LogP contribution in [0.3, 0.4) is 0 Å². The molecule has 1 aromatic carbocycles. The fourth-order valence-corrected chi connectivity index (χ4v) is 7.04. The fourth-order valence-electron chi connectivity index (χ4n) is 5.02. The normalized spacial score (nSPS) is 11.9. The van der Waals surface area contributed by atoms with Gasteiger partial charge in [0.25, 0.3) is 5.89 Å². The highest BCUT2D eigenvalue weighted by Crippen LogP contribution is 2.63. The van der Waals surface area contributed by atoms with Gasteiger partial charge in [0.15, 0.2) is 0 Å². The van der Waals surface area contributed by atoms with E-state index in [0.29, 0.717) is 0 Å². The van der Waals surface area contributed by atoms with Crippen LogP contribution in [0, 0.1) is 0 Å². The molecule has 0 aromatic heterocycles. The molecule has 0 saturated carbocycles. The van der Waals surface area contributed by atoms with Gasteiger partial charge in [-0.25, -0.2) is 4.89 Å². The van der Waals surface area contributed by atoms with Crippen LogP contribution in [-0.2, 0) is 12.8 Å². The van der Waals surface area contributed by atoms with Crippen LogP contribution >= 0.6 is 30.4 Å². The first-order chi connectivity index (χ1) is 16.5. The molecule has 0 bridgehead atoms. The Morgan fingerprint density at radius 3 is 1.35 bits per heavy atom. The third-order valence-corrected chi connectivity index (χ3v) is 9.51. The van der Waals surface area contributed by atoms with Gasteiger partial charge in [-0.05, 0) is 37.3 Å². The summed E-state index contributed by atoms with van der Waals surface area (Å²) in [6.07, 6.45) is 29.4. The minimum atomic E-state index is -2.59. The Balaban J connectivity index is 2.36. The van der Waals surface area contributed by atoms with Crippen LogP contribution < -0.4 is 5.30 Å². The van der Waals surface area contributed by atoms with E-state index < -0.39 is 5.89 Å². The number of thiol groups is 2. The summed E-state index contributed by atoms with van der Waals surface area (Å²) in [6, 6.07) is 6.43. The summed E-state index contributed by atoms with van der Waals surface area (Å²) in [5, 5.41) is 1.000.